The zero-order valence-electron chi connectivity index (χ0n) is 11.4. The van der Waals surface area contributed by atoms with Gasteiger partial charge in [0.05, 0.1) is 10.7 Å². The van der Waals surface area contributed by atoms with Crippen LogP contribution in [-0.4, -0.2) is 18.7 Å². The van der Waals surface area contributed by atoms with Crippen LogP contribution in [0.1, 0.15) is 38.7 Å². The van der Waals surface area contributed by atoms with Crippen molar-refractivity contribution < 1.29 is 8.42 Å². The van der Waals surface area contributed by atoms with Crippen molar-refractivity contribution in [3.05, 3.63) is 29.8 Å². The Morgan fingerprint density at radius 2 is 1.95 bits per heavy atom. The molecule has 106 valence electrons. The van der Waals surface area contributed by atoms with Crippen molar-refractivity contribution in [1.82, 2.24) is 0 Å². The number of para-hydroxylation sites is 1. The van der Waals surface area contributed by atoms with Gasteiger partial charge in [0, 0.05) is 0 Å². The molecule has 0 aromatic heterocycles. The summed E-state index contributed by atoms with van der Waals surface area (Å²) in [5.41, 5.74) is 7.04. The Balaban J connectivity index is 3.12. The van der Waals surface area contributed by atoms with Gasteiger partial charge < -0.3 is 5.73 Å². The summed E-state index contributed by atoms with van der Waals surface area (Å²) in [5.74, 6) is 0.226. The summed E-state index contributed by atoms with van der Waals surface area (Å²) in [6.45, 7) is 5.77. The Hall–Kier alpha value is -1.14. The summed E-state index contributed by atoms with van der Waals surface area (Å²) in [4.78, 5) is -0.00275. The van der Waals surface area contributed by atoms with Crippen LogP contribution < -0.4 is 10.5 Å². The number of nitrogens with two attached hydrogens (primary N) is 1. The third-order valence-corrected chi connectivity index (χ3v) is 5.17. The van der Waals surface area contributed by atoms with E-state index in [2.05, 4.69) is 4.72 Å². The summed E-state index contributed by atoms with van der Waals surface area (Å²) in [6, 6.07) is 7.34. The van der Waals surface area contributed by atoms with E-state index in [0.717, 1.165) is 5.56 Å². The summed E-state index contributed by atoms with van der Waals surface area (Å²) in [5, 5.41) is -0.845. The Morgan fingerprint density at radius 3 is 2.42 bits per heavy atom. The lowest BCUT2D eigenvalue weighted by Crippen LogP contribution is -2.37. The number of thiocarbonyl (C=S) groups is 1. The molecule has 4 nitrogen and oxygen atoms in total. The number of nitrogens with one attached hydrogen (secondary N) is 1. The molecule has 0 saturated heterocycles. The van der Waals surface area contributed by atoms with E-state index in [1.165, 1.54) is 0 Å². The van der Waals surface area contributed by atoms with E-state index in [1.54, 1.807) is 19.1 Å². The van der Waals surface area contributed by atoms with Gasteiger partial charge in [-0.2, -0.15) is 0 Å². The van der Waals surface area contributed by atoms with Gasteiger partial charge in [-0.3, -0.25) is 4.72 Å². The molecule has 3 N–H and O–H groups in total. The van der Waals surface area contributed by atoms with Crippen molar-refractivity contribution in [3.63, 3.8) is 0 Å². The van der Waals surface area contributed by atoms with Crippen LogP contribution in [-0.2, 0) is 10.0 Å². The quantitative estimate of drug-likeness (QED) is 0.792. The molecule has 1 aromatic rings. The molecule has 0 fully saturated rings. The highest BCUT2D eigenvalue weighted by molar-refractivity contribution is 7.95. The van der Waals surface area contributed by atoms with Crippen molar-refractivity contribution in [2.75, 3.05) is 4.72 Å². The summed E-state index contributed by atoms with van der Waals surface area (Å²) in [6.07, 6.45) is 0.356. The summed E-state index contributed by atoms with van der Waals surface area (Å²) in [7, 11) is -3.60. The Labute approximate surface area is 120 Å². The van der Waals surface area contributed by atoms with E-state index in [1.807, 2.05) is 26.0 Å². The van der Waals surface area contributed by atoms with Crippen LogP contribution >= 0.6 is 12.2 Å². The molecule has 0 heterocycles. The molecule has 0 saturated carbocycles. The highest BCUT2D eigenvalue weighted by Gasteiger charge is 2.27. The maximum absolute atomic E-state index is 12.3. The minimum atomic E-state index is -3.60. The molecule has 1 rings (SSSR count). The van der Waals surface area contributed by atoms with Gasteiger partial charge in [0.25, 0.3) is 0 Å². The topological polar surface area (TPSA) is 72.2 Å². The molecule has 1 aromatic carbocycles. The van der Waals surface area contributed by atoms with Crippen LogP contribution in [0.3, 0.4) is 0 Å². The molecule has 0 aliphatic heterocycles. The normalized spacial score (nSPS) is 13.3. The van der Waals surface area contributed by atoms with Crippen molar-refractivity contribution in [1.29, 1.82) is 0 Å². The van der Waals surface area contributed by atoms with Crippen LogP contribution in [0.2, 0.25) is 0 Å². The minimum absolute atomic E-state index is 0.00275. The average Bonchev–Trinajstić information content (AvgIpc) is 2.28. The third kappa shape index (κ3) is 3.91. The van der Waals surface area contributed by atoms with Crippen LogP contribution in [0, 0.1) is 0 Å². The molecule has 0 radical (unpaired) electrons. The van der Waals surface area contributed by atoms with Crippen LogP contribution in [0.5, 0.6) is 0 Å². The number of hydrogen-bond donors (Lipinski definition) is 2. The third-order valence-electron chi connectivity index (χ3n) is 2.90. The molecule has 19 heavy (non-hydrogen) atoms. The number of sulfonamides is 1. The van der Waals surface area contributed by atoms with E-state index >= 15 is 0 Å². The van der Waals surface area contributed by atoms with E-state index in [0.29, 0.717) is 12.1 Å². The highest BCUT2D eigenvalue weighted by atomic mass is 32.2. The SMILES string of the molecule is CCC(C(N)=S)S(=O)(=O)Nc1ccccc1C(C)C. The van der Waals surface area contributed by atoms with Crippen molar-refractivity contribution >= 4 is 32.9 Å². The smallest absolute Gasteiger partial charge is 0.242 e. The minimum Gasteiger partial charge on any atom is -0.392 e. The van der Waals surface area contributed by atoms with E-state index < -0.39 is 15.3 Å². The maximum Gasteiger partial charge on any atom is 0.242 e. The van der Waals surface area contributed by atoms with Crippen LogP contribution in [0.15, 0.2) is 24.3 Å². The monoisotopic (exact) mass is 300 g/mol. The second kappa shape index (κ2) is 6.34. The lowest BCUT2D eigenvalue weighted by atomic mass is 10.0. The summed E-state index contributed by atoms with van der Waals surface area (Å²) >= 11 is 4.82. The van der Waals surface area contributed by atoms with Crippen molar-refractivity contribution in [2.24, 2.45) is 5.73 Å². The van der Waals surface area contributed by atoms with Gasteiger partial charge in [0.2, 0.25) is 10.0 Å². The molecule has 0 aliphatic carbocycles. The highest BCUT2D eigenvalue weighted by Crippen LogP contribution is 2.25. The van der Waals surface area contributed by atoms with Gasteiger partial charge >= 0.3 is 0 Å². The molecule has 0 aliphatic rings. The fourth-order valence-corrected chi connectivity index (χ4v) is 3.82. The second-order valence-electron chi connectivity index (χ2n) is 4.69. The number of rotatable bonds is 6. The van der Waals surface area contributed by atoms with Gasteiger partial charge in [-0.15, -0.1) is 0 Å². The molecular weight excluding hydrogens is 280 g/mol. The zero-order valence-corrected chi connectivity index (χ0v) is 13.0. The first kappa shape index (κ1) is 15.9. The van der Waals surface area contributed by atoms with Crippen LogP contribution in [0.4, 0.5) is 5.69 Å². The lowest BCUT2D eigenvalue weighted by Gasteiger charge is -2.19. The van der Waals surface area contributed by atoms with Gasteiger partial charge in [-0.25, -0.2) is 8.42 Å². The van der Waals surface area contributed by atoms with E-state index in [4.69, 9.17) is 18.0 Å². The van der Waals surface area contributed by atoms with Crippen molar-refractivity contribution in [3.8, 4) is 0 Å². The predicted octanol–water partition coefficient (Wildman–Crippen LogP) is 2.62. The number of anilines is 1. The Bertz CT molecular complexity index is 554. The predicted molar refractivity (Wildman–Crippen MR) is 83.9 cm³/mol. The fraction of sp³-hybridized carbons (Fsp3) is 0.462. The Morgan fingerprint density at radius 1 is 1.37 bits per heavy atom. The first-order valence-electron chi connectivity index (χ1n) is 6.19. The molecule has 0 bridgehead atoms. The summed E-state index contributed by atoms with van der Waals surface area (Å²) < 4.78 is 27.1. The Kier molecular flexibility index (Phi) is 5.31. The molecular formula is C13H20N2O2S2. The van der Waals surface area contributed by atoms with Gasteiger partial charge in [-0.1, -0.05) is 51.2 Å². The molecule has 1 atom stereocenters. The van der Waals surface area contributed by atoms with Crippen LogP contribution in [0.25, 0.3) is 0 Å². The number of benzene rings is 1. The lowest BCUT2D eigenvalue weighted by molar-refractivity contribution is 0.594. The fourth-order valence-electron chi connectivity index (χ4n) is 1.89. The van der Waals surface area contributed by atoms with Crippen molar-refractivity contribution in [2.45, 2.75) is 38.4 Å². The molecule has 0 spiro atoms. The maximum atomic E-state index is 12.3. The molecule has 1 unspecified atom stereocenters. The molecule has 0 amide bonds. The molecule has 6 heteroatoms. The first-order chi connectivity index (χ1) is 8.79. The number of hydrogen-bond acceptors (Lipinski definition) is 3. The second-order valence-corrected chi connectivity index (χ2v) is 7.02. The van der Waals surface area contributed by atoms with Gasteiger partial charge in [0.1, 0.15) is 5.25 Å². The average molecular weight is 300 g/mol. The van der Waals surface area contributed by atoms with Gasteiger partial charge in [-0.05, 0) is 24.0 Å². The largest absolute Gasteiger partial charge is 0.392 e. The van der Waals surface area contributed by atoms with E-state index in [-0.39, 0.29) is 10.9 Å². The van der Waals surface area contributed by atoms with E-state index in [9.17, 15) is 8.42 Å². The standard InChI is InChI=1S/C13H20N2O2S2/c1-4-12(13(14)18)19(16,17)15-11-8-6-5-7-10(11)9(2)3/h5-9,12,15H,4H2,1-3H3,(H2,14,18). The van der Waals surface area contributed by atoms with Gasteiger partial charge in [0.15, 0.2) is 0 Å². The first-order valence-corrected chi connectivity index (χ1v) is 8.15. The zero-order chi connectivity index (χ0) is 14.6.